The van der Waals surface area contributed by atoms with Crippen LogP contribution in [0.3, 0.4) is 0 Å². The molecule has 0 aliphatic carbocycles. The highest BCUT2D eigenvalue weighted by molar-refractivity contribution is 9.11. The third-order valence-corrected chi connectivity index (χ3v) is 3.48. The fourth-order valence-corrected chi connectivity index (χ4v) is 2.71. The molecule has 0 aliphatic heterocycles. The molecule has 0 saturated carbocycles. The number of hydrogen-bond donors (Lipinski definition) is 2. The van der Waals surface area contributed by atoms with E-state index in [-0.39, 0.29) is 10.6 Å². The van der Waals surface area contributed by atoms with Gasteiger partial charge >= 0.3 is 12.0 Å². The van der Waals surface area contributed by atoms with Crippen LogP contribution in [0.4, 0.5) is 10.5 Å². The molecule has 0 radical (unpaired) electrons. The number of thiophene rings is 1. The summed E-state index contributed by atoms with van der Waals surface area (Å²) in [7, 11) is 1.24. The first-order chi connectivity index (χ1) is 8.23. The van der Waals surface area contributed by atoms with Gasteiger partial charge in [0.25, 0.3) is 3.92 Å². The Balaban J connectivity index is 2.84. The van der Waals surface area contributed by atoms with Gasteiger partial charge in [0, 0.05) is 0 Å². The fourth-order valence-electron chi connectivity index (χ4n) is 0.980. The average Bonchev–Trinajstić information content (AvgIpc) is 2.55. The summed E-state index contributed by atoms with van der Waals surface area (Å²) in [6, 6.07) is 0.778. The Hall–Kier alpha value is -0.210. The van der Waals surface area contributed by atoms with Crippen LogP contribution in [0.2, 0.25) is 0 Å². The molecule has 0 spiro atoms. The molecule has 2 amide bonds. The van der Waals surface area contributed by atoms with Crippen molar-refractivity contribution < 1.29 is 14.3 Å². The van der Waals surface area contributed by atoms with Crippen LogP contribution in [-0.4, -0.2) is 23.0 Å². The zero-order chi connectivity index (χ0) is 13.9. The molecule has 1 heterocycles. The lowest BCUT2D eigenvalue weighted by molar-refractivity contribution is 0.0607. The molecule has 0 unspecified atom stereocenters. The van der Waals surface area contributed by atoms with Crippen molar-refractivity contribution in [1.29, 1.82) is 0 Å². The Bertz CT molecular complexity index is 475. The van der Waals surface area contributed by atoms with E-state index in [0.717, 1.165) is 11.3 Å². The van der Waals surface area contributed by atoms with Crippen molar-refractivity contribution in [2.75, 3.05) is 12.4 Å². The molecule has 5 nitrogen and oxygen atoms in total. The van der Waals surface area contributed by atoms with Crippen molar-refractivity contribution in [3.8, 4) is 0 Å². The van der Waals surface area contributed by atoms with Crippen LogP contribution in [0.1, 0.15) is 9.67 Å². The van der Waals surface area contributed by atoms with Crippen LogP contribution in [-0.2, 0) is 4.74 Å². The van der Waals surface area contributed by atoms with E-state index in [1.54, 1.807) is 0 Å². The van der Waals surface area contributed by atoms with E-state index in [1.807, 2.05) is 5.32 Å². The molecule has 0 aromatic carbocycles. The minimum Gasteiger partial charge on any atom is -0.465 e. The van der Waals surface area contributed by atoms with E-state index >= 15 is 0 Å². The summed E-state index contributed by atoms with van der Waals surface area (Å²) < 4.78 is 3.29. The lowest BCUT2D eigenvalue weighted by Gasteiger charge is -2.13. The SMILES string of the molecule is COC(=O)c1sc(Br)cc1NC(=O)NC(Cl)(Cl)Cl. The second-order valence-electron chi connectivity index (χ2n) is 2.86. The van der Waals surface area contributed by atoms with Gasteiger partial charge in [0.1, 0.15) is 4.88 Å². The van der Waals surface area contributed by atoms with Crippen LogP contribution in [0, 0.1) is 0 Å². The van der Waals surface area contributed by atoms with Crippen molar-refractivity contribution in [3.63, 3.8) is 0 Å². The summed E-state index contributed by atoms with van der Waals surface area (Å²) in [6.45, 7) is 0. The van der Waals surface area contributed by atoms with E-state index in [4.69, 9.17) is 34.8 Å². The molecule has 2 N–H and O–H groups in total. The average molecular weight is 396 g/mol. The van der Waals surface area contributed by atoms with Crippen LogP contribution < -0.4 is 10.6 Å². The summed E-state index contributed by atoms with van der Waals surface area (Å²) in [5, 5.41) is 4.42. The lowest BCUT2D eigenvalue weighted by Crippen LogP contribution is -2.38. The van der Waals surface area contributed by atoms with Crippen molar-refractivity contribution >= 4 is 79.8 Å². The smallest absolute Gasteiger partial charge is 0.350 e. The molecule has 0 atom stereocenters. The first kappa shape index (κ1) is 15.8. The number of ether oxygens (including phenoxy) is 1. The molecular formula is C8H6BrCl3N2O3S. The van der Waals surface area contributed by atoms with Gasteiger partial charge in [-0.25, -0.2) is 9.59 Å². The summed E-state index contributed by atoms with van der Waals surface area (Å²) in [4.78, 5) is 23.1. The molecule has 0 bridgehead atoms. The van der Waals surface area contributed by atoms with Gasteiger partial charge < -0.3 is 10.1 Å². The minimum absolute atomic E-state index is 0.226. The second-order valence-corrected chi connectivity index (χ2v) is 7.57. The normalized spacial score (nSPS) is 10.9. The summed E-state index contributed by atoms with van der Waals surface area (Å²) in [6.07, 6.45) is 0. The van der Waals surface area contributed by atoms with Crippen LogP contribution in [0.5, 0.6) is 0 Å². The number of carbonyl (C=O) groups is 2. The number of methoxy groups -OCH3 is 1. The fraction of sp³-hybridized carbons (Fsp3) is 0.250. The van der Waals surface area contributed by atoms with Gasteiger partial charge in [0.05, 0.1) is 16.6 Å². The maximum Gasteiger partial charge on any atom is 0.350 e. The molecule has 0 saturated heterocycles. The first-order valence-electron chi connectivity index (χ1n) is 4.26. The molecule has 1 aromatic heterocycles. The quantitative estimate of drug-likeness (QED) is 0.455. The zero-order valence-electron chi connectivity index (χ0n) is 8.72. The first-order valence-corrected chi connectivity index (χ1v) is 7.01. The largest absolute Gasteiger partial charge is 0.465 e. The van der Waals surface area contributed by atoms with Gasteiger partial charge in [0.15, 0.2) is 0 Å². The number of esters is 1. The lowest BCUT2D eigenvalue weighted by atomic mass is 10.4. The van der Waals surface area contributed by atoms with Gasteiger partial charge in [-0.05, 0) is 22.0 Å². The standard InChI is InChI=1S/C8H6BrCl3N2O3S/c1-17-6(15)5-3(2-4(9)18-5)13-7(16)14-8(10,11)12/h2H,1H3,(H2,13,14,16). The number of amides is 2. The minimum atomic E-state index is -1.93. The number of halogens is 4. The highest BCUT2D eigenvalue weighted by Gasteiger charge is 2.24. The molecule has 0 fully saturated rings. The Kier molecular flexibility index (Phi) is 5.54. The molecule has 18 heavy (non-hydrogen) atoms. The third-order valence-electron chi connectivity index (χ3n) is 1.58. The van der Waals surface area contributed by atoms with E-state index in [2.05, 4.69) is 26.0 Å². The summed E-state index contributed by atoms with van der Waals surface area (Å²) >= 11 is 20.5. The number of rotatable bonds is 2. The highest BCUT2D eigenvalue weighted by Crippen LogP contribution is 2.32. The van der Waals surface area contributed by atoms with Crippen molar-refractivity contribution in [2.24, 2.45) is 0 Å². The Morgan fingerprint density at radius 3 is 2.56 bits per heavy atom. The zero-order valence-corrected chi connectivity index (χ0v) is 13.4. The number of nitrogens with one attached hydrogen (secondary N) is 2. The van der Waals surface area contributed by atoms with E-state index in [0.29, 0.717) is 3.79 Å². The van der Waals surface area contributed by atoms with Gasteiger partial charge in [-0.15, -0.1) is 11.3 Å². The van der Waals surface area contributed by atoms with E-state index in [9.17, 15) is 9.59 Å². The number of anilines is 1. The summed E-state index contributed by atoms with van der Waals surface area (Å²) in [5.74, 6) is -0.574. The Labute approximate surface area is 130 Å². The molecular weight excluding hydrogens is 390 g/mol. The van der Waals surface area contributed by atoms with Crippen LogP contribution >= 0.6 is 62.1 Å². The molecule has 0 aliphatic rings. The van der Waals surface area contributed by atoms with Crippen molar-refractivity contribution in [1.82, 2.24) is 5.32 Å². The van der Waals surface area contributed by atoms with Crippen molar-refractivity contribution in [3.05, 3.63) is 14.7 Å². The van der Waals surface area contributed by atoms with Gasteiger partial charge in [-0.1, -0.05) is 34.8 Å². The molecule has 10 heteroatoms. The number of carbonyl (C=O) groups excluding carboxylic acids is 2. The van der Waals surface area contributed by atoms with Crippen LogP contribution in [0.25, 0.3) is 0 Å². The van der Waals surface area contributed by atoms with E-state index in [1.165, 1.54) is 13.2 Å². The number of urea groups is 1. The number of hydrogen-bond acceptors (Lipinski definition) is 4. The highest BCUT2D eigenvalue weighted by atomic mass is 79.9. The Morgan fingerprint density at radius 1 is 1.44 bits per heavy atom. The summed E-state index contributed by atoms with van der Waals surface area (Å²) in [5.41, 5.74) is 0.255. The predicted molar refractivity (Wildman–Crippen MR) is 75.8 cm³/mol. The number of alkyl halides is 3. The van der Waals surface area contributed by atoms with E-state index < -0.39 is 15.9 Å². The van der Waals surface area contributed by atoms with Crippen molar-refractivity contribution in [2.45, 2.75) is 3.92 Å². The predicted octanol–water partition coefficient (Wildman–Crippen LogP) is 3.75. The third kappa shape index (κ3) is 4.81. The maximum atomic E-state index is 11.5. The molecule has 100 valence electrons. The van der Waals surface area contributed by atoms with Gasteiger partial charge in [-0.2, -0.15) is 0 Å². The maximum absolute atomic E-state index is 11.5. The molecule has 1 rings (SSSR count). The van der Waals surface area contributed by atoms with Gasteiger partial charge in [-0.3, -0.25) is 5.32 Å². The van der Waals surface area contributed by atoms with Crippen LogP contribution in [0.15, 0.2) is 9.85 Å². The topological polar surface area (TPSA) is 67.4 Å². The Morgan fingerprint density at radius 2 is 2.06 bits per heavy atom. The van der Waals surface area contributed by atoms with Gasteiger partial charge in [0.2, 0.25) is 0 Å². The monoisotopic (exact) mass is 394 g/mol. The second kappa shape index (κ2) is 6.29. The molecule has 1 aromatic rings.